The highest BCUT2D eigenvalue weighted by Gasteiger charge is 2.24. The van der Waals surface area contributed by atoms with E-state index in [2.05, 4.69) is 44.3 Å². The van der Waals surface area contributed by atoms with Crippen molar-refractivity contribution in [2.75, 3.05) is 31.5 Å². The summed E-state index contributed by atoms with van der Waals surface area (Å²) >= 11 is 3.54. The van der Waals surface area contributed by atoms with Gasteiger partial charge in [0.1, 0.15) is 0 Å². The smallest absolute Gasteiger partial charge is 0.0387 e. The van der Waals surface area contributed by atoms with Crippen LogP contribution in [0.5, 0.6) is 0 Å². The minimum atomic E-state index is 0.727. The van der Waals surface area contributed by atoms with Crippen LogP contribution >= 0.6 is 15.9 Å². The molecule has 0 aromatic heterocycles. The molecule has 2 nitrogen and oxygen atoms in total. The molecule has 3 rings (SSSR count). The second kappa shape index (κ2) is 4.38. The van der Waals surface area contributed by atoms with Crippen molar-refractivity contribution in [1.82, 2.24) is 4.90 Å². The summed E-state index contributed by atoms with van der Waals surface area (Å²) in [5.41, 5.74) is 2.83. The van der Waals surface area contributed by atoms with Crippen LogP contribution < -0.4 is 5.32 Å². The van der Waals surface area contributed by atoms with E-state index >= 15 is 0 Å². The van der Waals surface area contributed by atoms with E-state index in [-0.39, 0.29) is 0 Å². The Balaban J connectivity index is 1.81. The third-order valence-electron chi connectivity index (χ3n) is 3.69. The van der Waals surface area contributed by atoms with Crippen LogP contribution in [0.1, 0.15) is 24.3 Å². The summed E-state index contributed by atoms with van der Waals surface area (Å²) in [5.74, 6) is 0.727. The highest BCUT2D eigenvalue weighted by molar-refractivity contribution is 9.10. The van der Waals surface area contributed by atoms with Gasteiger partial charge in [0.05, 0.1) is 0 Å². The number of fused-ring (bicyclic) bond motifs is 1. The summed E-state index contributed by atoms with van der Waals surface area (Å²) < 4.78 is 1.17. The van der Waals surface area contributed by atoms with Crippen LogP contribution in [-0.2, 0) is 0 Å². The lowest BCUT2D eigenvalue weighted by atomic mass is 9.90. The minimum Gasteiger partial charge on any atom is -0.385 e. The molecule has 1 aromatic rings. The molecule has 0 bridgehead atoms. The Kier molecular flexibility index (Phi) is 2.90. The molecule has 1 atom stereocenters. The zero-order valence-corrected chi connectivity index (χ0v) is 11.0. The van der Waals surface area contributed by atoms with Gasteiger partial charge in [0.15, 0.2) is 0 Å². The highest BCUT2D eigenvalue weighted by Crippen LogP contribution is 2.34. The van der Waals surface area contributed by atoms with Gasteiger partial charge in [-0.1, -0.05) is 22.0 Å². The number of rotatable bonds is 2. The first-order valence-corrected chi connectivity index (χ1v) is 6.88. The average molecular weight is 281 g/mol. The highest BCUT2D eigenvalue weighted by atomic mass is 79.9. The number of hydrogen-bond acceptors (Lipinski definition) is 2. The van der Waals surface area contributed by atoms with Crippen molar-refractivity contribution in [2.24, 2.45) is 0 Å². The van der Waals surface area contributed by atoms with E-state index in [9.17, 15) is 0 Å². The maximum Gasteiger partial charge on any atom is 0.0387 e. The van der Waals surface area contributed by atoms with Crippen LogP contribution in [0.3, 0.4) is 0 Å². The van der Waals surface area contributed by atoms with E-state index in [0.29, 0.717) is 0 Å². The molecule has 0 radical (unpaired) electrons. The summed E-state index contributed by atoms with van der Waals surface area (Å²) in [7, 11) is 0. The largest absolute Gasteiger partial charge is 0.385 e. The van der Waals surface area contributed by atoms with E-state index in [4.69, 9.17) is 0 Å². The van der Waals surface area contributed by atoms with Gasteiger partial charge in [-0.3, -0.25) is 0 Å². The molecule has 2 heterocycles. The molecular formula is C13H17BrN2. The van der Waals surface area contributed by atoms with E-state index in [1.165, 1.54) is 48.2 Å². The van der Waals surface area contributed by atoms with Crippen LogP contribution in [0.2, 0.25) is 0 Å². The Morgan fingerprint density at radius 2 is 2.25 bits per heavy atom. The number of likely N-dealkylation sites (tertiary alicyclic amines) is 1. The Morgan fingerprint density at radius 3 is 3.00 bits per heavy atom. The zero-order chi connectivity index (χ0) is 11.0. The Morgan fingerprint density at radius 1 is 1.38 bits per heavy atom. The topological polar surface area (TPSA) is 15.3 Å². The Hall–Kier alpha value is -0.540. The van der Waals surface area contributed by atoms with Crippen molar-refractivity contribution in [3.63, 3.8) is 0 Å². The molecule has 86 valence electrons. The van der Waals surface area contributed by atoms with E-state index in [1.807, 2.05) is 0 Å². The predicted molar refractivity (Wildman–Crippen MR) is 71.0 cm³/mol. The number of benzene rings is 1. The minimum absolute atomic E-state index is 0.727. The second-order valence-electron chi connectivity index (χ2n) is 4.80. The molecule has 1 fully saturated rings. The van der Waals surface area contributed by atoms with Gasteiger partial charge in [-0.05, 0) is 43.6 Å². The number of anilines is 1. The van der Waals surface area contributed by atoms with Crippen molar-refractivity contribution in [2.45, 2.75) is 18.8 Å². The van der Waals surface area contributed by atoms with Gasteiger partial charge in [0, 0.05) is 29.2 Å². The van der Waals surface area contributed by atoms with Crippen LogP contribution in [0.15, 0.2) is 22.7 Å². The predicted octanol–water partition coefficient (Wildman–Crippen LogP) is 3.05. The molecule has 1 aromatic carbocycles. The van der Waals surface area contributed by atoms with Crippen molar-refractivity contribution in [3.8, 4) is 0 Å². The Bertz CT molecular complexity index is 388. The molecule has 1 unspecified atom stereocenters. The fraction of sp³-hybridized carbons (Fsp3) is 0.538. The quantitative estimate of drug-likeness (QED) is 0.896. The van der Waals surface area contributed by atoms with E-state index in [0.717, 1.165) is 12.5 Å². The molecule has 16 heavy (non-hydrogen) atoms. The molecule has 0 saturated carbocycles. The monoisotopic (exact) mass is 280 g/mol. The van der Waals surface area contributed by atoms with Crippen LogP contribution in [0, 0.1) is 0 Å². The molecule has 0 amide bonds. The first-order valence-electron chi connectivity index (χ1n) is 6.08. The third kappa shape index (κ3) is 1.98. The molecule has 2 aliphatic heterocycles. The van der Waals surface area contributed by atoms with Gasteiger partial charge < -0.3 is 10.2 Å². The maximum absolute atomic E-state index is 3.54. The standard InChI is InChI=1S/C13H17BrN2/c14-11-2-3-12-10(9-16-6-1-7-16)4-5-15-13(12)8-11/h2-3,8,10,15H,1,4-7,9H2. The van der Waals surface area contributed by atoms with Crippen LogP contribution in [0.4, 0.5) is 5.69 Å². The first-order chi connectivity index (χ1) is 7.83. The lowest BCUT2D eigenvalue weighted by Gasteiger charge is -2.36. The van der Waals surface area contributed by atoms with Crippen molar-refractivity contribution in [3.05, 3.63) is 28.2 Å². The molecule has 0 spiro atoms. The fourth-order valence-corrected chi connectivity index (χ4v) is 3.00. The number of nitrogens with zero attached hydrogens (tertiary/aromatic N) is 1. The number of nitrogens with one attached hydrogen (secondary N) is 1. The van der Waals surface area contributed by atoms with Gasteiger partial charge in [0.2, 0.25) is 0 Å². The summed E-state index contributed by atoms with van der Waals surface area (Å²) in [5, 5.41) is 3.49. The molecule has 0 aliphatic carbocycles. The second-order valence-corrected chi connectivity index (χ2v) is 5.71. The average Bonchev–Trinajstić information content (AvgIpc) is 2.23. The van der Waals surface area contributed by atoms with Gasteiger partial charge in [-0.15, -0.1) is 0 Å². The first kappa shape index (κ1) is 10.6. The zero-order valence-electron chi connectivity index (χ0n) is 9.38. The number of hydrogen-bond donors (Lipinski definition) is 1. The molecule has 1 saturated heterocycles. The van der Waals surface area contributed by atoms with Gasteiger partial charge >= 0.3 is 0 Å². The van der Waals surface area contributed by atoms with Crippen LogP contribution in [0.25, 0.3) is 0 Å². The molecular weight excluding hydrogens is 264 g/mol. The summed E-state index contributed by atoms with van der Waals surface area (Å²) in [4.78, 5) is 2.57. The summed E-state index contributed by atoms with van der Waals surface area (Å²) in [6.07, 6.45) is 2.66. The number of halogens is 1. The Labute approximate surface area is 105 Å². The lowest BCUT2D eigenvalue weighted by Crippen LogP contribution is -2.40. The summed E-state index contributed by atoms with van der Waals surface area (Å²) in [6.45, 7) is 4.96. The van der Waals surface area contributed by atoms with Crippen molar-refractivity contribution in [1.29, 1.82) is 0 Å². The van der Waals surface area contributed by atoms with Gasteiger partial charge in [-0.2, -0.15) is 0 Å². The molecule has 1 N–H and O–H groups in total. The van der Waals surface area contributed by atoms with Crippen LogP contribution in [-0.4, -0.2) is 31.1 Å². The van der Waals surface area contributed by atoms with Gasteiger partial charge in [-0.25, -0.2) is 0 Å². The van der Waals surface area contributed by atoms with E-state index < -0.39 is 0 Å². The van der Waals surface area contributed by atoms with Gasteiger partial charge in [0.25, 0.3) is 0 Å². The van der Waals surface area contributed by atoms with Crippen molar-refractivity contribution < 1.29 is 0 Å². The summed E-state index contributed by atoms with van der Waals surface area (Å²) in [6, 6.07) is 6.64. The van der Waals surface area contributed by atoms with Crippen molar-refractivity contribution >= 4 is 21.6 Å². The molecule has 2 aliphatic rings. The maximum atomic E-state index is 3.54. The third-order valence-corrected chi connectivity index (χ3v) is 4.18. The molecule has 3 heteroatoms. The lowest BCUT2D eigenvalue weighted by molar-refractivity contribution is 0.167. The fourth-order valence-electron chi connectivity index (χ4n) is 2.64. The normalized spacial score (nSPS) is 24.4. The van der Waals surface area contributed by atoms with E-state index in [1.54, 1.807) is 0 Å². The SMILES string of the molecule is Brc1ccc2c(c1)NCCC2CN1CCC1.